The van der Waals surface area contributed by atoms with E-state index in [-0.39, 0.29) is 6.17 Å². The summed E-state index contributed by atoms with van der Waals surface area (Å²) in [6.45, 7) is 6.37. The monoisotopic (exact) mass is 295 g/mol. The fraction of sp³-hybridized carbons (Fsp3) is 0.235. The van der Waals surface area contributed by atoms with Crippen molar-refractivity contribution in [2.45, 2.75) is 26.9 Å². The van der Waals surface area contributed by atoms with E-state index in [1.165, 1.54) is 32.9 Å². The number of thiophene rings is 1. The van der Waals surface area contributed by atoms with Crippen LogP contribution in [0.25, 0.3) is 11.3 Å². The van der Waals surface area contributed by atoms with Crippen molar-refractivity contribution in [1.82, 2.24) is 9.78 Å². The molecule has 0 bridgehead atoms. The third kappa shape index (κ3) is 1.83. The molecule has 1 aliphatic rings. The molecule has 0 radical (unpaired) electrons. The first-order chi connectivity index (χ1) is 10.1. The molecule has 0 saturated heterocycles. The van der Waals surface area contributed by atoms with E-state index < -0.39 is 0 Å². The molecule has 0 spiro atoms. The summed E-state index contributed by atoms with van der Waals surface area (Å²) in [6.07, 6.45) is 0.0855. The van der Waals surface area contributed by atoms with Crippen LogP contribution >= 0.6 is 11.3 Å². The van der Waals surface area contributed by atoms with Gasteiger partial charge in [0.1, 0.15) is 0 Å². The highest BCUT2D eigenvalue weighted by Gasteiger charge is 2.28. The van der Waals surface area contributed by atoms with Crippen molar-refractivity contribution in [2.75, 3.05) is 5.32 Å². The van der Waals surface area contributed by atoms with Crippen LogP contribution in [-0.2, 0) is 0 Å². The zero-order valence-corrected chi connectivity index (χ0v) is 13.2. The number of para-hydroxylation sites is 1. The second-order valence-corrected chi connectivity index (χ2v) is 6.58. The summed E-state index contributed by atoms with van der Waals surface area (Å²) < 4.78 is 2.12. The van der Waals surface area contributed by atoms with Gasteiger partial charge in [-0.05, 0) is 49.4 Å². The van der Waals surface area contributed by atoms with Crippen LogP contribution in [0.3, 0.4) is 0 Å². The van der Waals surface area contributed by atoms with Gasteiger partial charge in [-0.1, -0.05) is 18.2 Å². The van der Waals surface area contributed by atoms with Crippen molar-refractivity contribution in [1.29, 1.82) is 0 Å². The topological polar surface area (TPSA) is 29.9 Å². The average Bonchev–Trinajstić information content (AvgIpc) is 3.04. The molecular formula is C17H17N3S. The van der Waals surface area contributed by atoms with Crippen LogP contribution in [0, 0.1) is 20.8 Å². The molecule has 21 heavy (non-hydrogen) atoms. The Morgan fingerprint density at radius 2 is 2.00 bits per heavy atom. The summed E-state index contributed by atoms with van der Waals surface area (Å²) in [4.78, 5) is 1.33. The summed E-state index contributed by atoms with van der Waals surface area (Å²) in [5.41, 5.74) is 7.30. The van der Waals surface area contributed by atoms with Crippen molar-refractivity contribution >= 4 is 17.0 Å². The van der Waals surface area contributed by atoms with Crippen LogP contribution < -0.4 is 5.32 Å². The van der Waals surface area contributed by atoms with Gasteiger partial charge in [0.25, 0.3) is 0 Å². The summed E-state index contributed by atoms with van der Waals surface area (Å²) in [5.74, 6) is 0. The van der Waals surface area contributed by atoms with Gasteiger partial charge in [-0.2, -0.15) is 5.10 Å². The Balaban J connectivity index is 1.97. The Labute approximate surface area is 128 Å². The number of nitrogens with one attached hydrogen (secondary N) is 1. The van der Waals surface area contributed by atoms with Crippen molar-refractivity contribution in [3.8, 4) is 11.3 Å². The molecule has 1 aromatic carbocycles. The maximum Gasteiger partial charge on any atom is 0.156 e. The Bertz CT molecular complexity index is 828. The maximum absolute atomic E-state index is 4.72. The second kappa shape index (κ2) is 4.46. The molecule has 3 aromatic rings. The lowest BCUT2D eigenvalue weighted by atomic mass is 10.0. The smallest absolute Gasteiger partial charge is 0.156 e. The largest absolute Gasteiger partial charge is 0.359 e. The Kier molecular flexibility index (Phi) is 2.69. The standard InChI is InChI=1S/C17H17N3S/c1-10-5-4-6-13-14-9-12(3)19-20(14)17(18-15(10)13)16-11(2)7-8-21-16/h4-9,17-18H,1-3H3/t17-/m0/s1. The van der Waals surface area contributed by atoms with Gasteiger partial charge in [-0.25, -0.2) is 4.68 Å². The molecule has 0 amide bonds. The van der Waals surface area contributed by atoms with Gasteiger partial charge in [0.15, 0.2) is 6.17 Å². The van der Waals surface area contributed by atoms with Crippen molar-refractivity contribution < 1.29 is 0 Å². The van der Waals surface area contributed by atoms with E-state index in [4.69, 9.17) is 5.10 Å². The van der Waals surface area contributed by atoms with Gasteiger partial charge in [0, 0.05) is 11.3 Å². The number of anilines is 1. The molecule has 0 fully saturated rings. The lowest BCUT2D eigenvalue weighted by Crippen LogP contribution is -2.26. The van der Waals surface area contributed by atoms with Gasteiger partial charge in [-0.3, -0.25) is 0 Å². The minimum atomic E-state index is 0.0855. The molecule has 2 aromatic heterocycles. The molecule has 0 aliphatic carbocycles. The molecule has 1 aliphatic heterocycles. The van der Waals surface area contributed by atoms with Crippen LogP contribution in [0.5, 0.6) is 0 Å². The first-order valence-electron chi connectivity index (χ1n) is 7.12. The predicted molar refractivity (Wildman–Crippen MR) is 88.0 cm³/mol. The van der Waals surface area contributed by atoms with E-state index in [1.54, 1.807) is 11.3 Å². The Hall–Kier alpha value is -2.07. The van der Waals surface area contributed by atoms with Crippen LogP contribution in [0.4, 0.5) is 5.69 Å². The molecular weight excluding hydrogens is 278 g/mol. The molecule has 3 nitrogen and oxygen atoms in total. The number of fused-ring (bicyclic) bond motifs is 3. The van der Waals surface area contributed by atoms with Crippen LogP contribution in [0.15, 0.2) is 35.7 Å². The third-order valence-electron chi connectivity index (χ3n) is 4.08. The number of aromatic nitrogens is 2. The summed E-state index contributed by atoms with van der Waals surface area (Å²) in [6, 6.07) is 10.8. The predicted octanol–water partition coefficient (Wildman–Crippen LogP) is 4.51. The van der Waals surface area contributed by atoms with E-state index >= 15 is 0 Å². The SMILES string of the molecule is Cc1cc2n(n1)[C@@H](c1sccc1C)Nc1c(C)cccc1-2. The molecule has 106 valence electrons. The summed E-state index contributed by atoms with van der Waals surface area (Å²) in [7, 11) is 0. The molecule has 0 unspecified atom stereocenters. The molecule has 0 saturated carbocycles. The zero-order valence-electron chi connectivity index (χ0n) is 12.3. The lowest BCUT2D eigenvalue weighted by Gasteiger charge is -2.30. The van der Waals surface area contributed by atoms with E-state index in [9.17, 15) is 0 Å². The minimum Gasteiger partial charge on any atom is -0.359 e. The Morgan fingerprint density at radius 3 is 2.76 bits per heavy atom. The number of aryl methyl sites for hydroxylation is 3. The van der Waals surface area contributed by atoms with E-state index in [2.05, 4.69) is 66.5 Å². The van der Waals surface area contributed by atoms with E-state index in [0.717, 1.165) is 5.69 Å². The number of hydrogen-bond acceptors (Lipinski definition) is 3. The molecule has 4 heteroatoms. The van der Waals surface area contributed by atoms with Crippen molar-refractivity contribution in [3.05, 3.63) is 57.4 Å². The van der Waals surface area contributed by atoms with Crippen LogP contribution in [0.1, 0.15) is 27.9 Å². The van der Waals surface area contributed by atoms with Gasteiger partial charge in [-0.15, -0.1) is 11.3 Å². The van der Waals surface area contributed by atoms with Crippen LogP contribution in [-0.4, -0.2) is 9.78 Å². The highest BCUT2D eigenvalue weighted by Crippen LogP contribution is 2.41. The lowest BCUT2D eigenvalue weighted by molar-refractivity contribution is 0.576. The average molecular weight is 295 g/mol. The highest BCUT2D eigenvalue weighted by atomic mass is 32.1. The summed E-state index contributed by atoms with van der Waals surface area (Å²) in [5, 5.41) is 10.6. The second-order valence-electron chi connectivity index (χ2n) is 5.63. The number of nitrogens with zero attached hydrogens (tertiary/aromatic N) is 2. The molecule has 4 rings (SSSR count). The van der Waals surface area contributed by atoms with Gasteiger partial charge < -0.3 is 5.32 Å². The highest BCUT2D eigenvalue weighted by molar-refractivity contribution is 7.10. The van der Waals surface area contributed by atoms with Gasteiger partial charge in [0.2, 0.25) is 0 Å². The Morgan fingerprint density at radius 1 is 1.14 bits per heavy atom. The molecule has 1 atom stereocenters. The fourth-order valence-corrected chi connectivity index (χ4v) is 3.99. The van der Waals surface area contributed by atoms with Crippen LogP contribution in [0.2, 0.25) is 0 Å². The first-order valence-corrected chi connectivity index (χ1v) is 8.00. The third-order valence-corrected chi connectivity index (χ3v) is 5.15. The normalized spacial score (nSPS) is 16.2. The van der Waals surface area contributed by atoms with Gasteiger partial charge >= 0.3 is 0 Å². The van der Waals surface area contributed by atoms with E-state index in [1.807, 2.05) is 0 Å². The van der Waals surface area contributed by atoms with Crippen molar-refractivity contribution in [2.24, 2.45) is 0 Å². The number of hydrogen-bond donors (Lipinski definition) is 1. The van der Waals surface area contributed by atoms with E-state index in [0.29, 0.717) is 0 Å². The minimum absolute atomic E-state index is 0.0855. The van der Waals surface area contributed by atoms with Gasteiger partial charge in [0.05, 0.1) is 16.3 Å². The quantitative estimate of drug-likeness (QED) is 0.716. The maximum atomic E-state index is 4.72. The fourth-order valence-electron chi connectivity index (χ4n) is 3.03. The van der Waals surface area contributed by atoms with Crippen molar-refractivity contribution in [3.63, 3.8) is 0 Å². The zero-order chi connectivity index (χ0) is 14.6. The first kappa shape index (κ1) is 12.7. The number of rotatable bonds is 1. The molecule has 1 N–H and O–H groups in total. The number of benzene rings is 1. The summed E-state index contributed by atoms with van der Waals surface area (Å²) >= 11 is 1.79. The molecule has 3 heterocycles.